The molecule has 0 aromatic carbocycles. The minimum absolute atomic E-state index is 0. The Hall–Kier alpha value is -1.25. The van der Waals surface area contributed by atoms with E-state index in [0.29, 0.717) is 19.0 Å². The van der Waals surface area contributed by atoms with Gasteiger partial charge in [0.25, 0.3) is 0 Å². The second kappa shape index (κ2) is 11.3. The number of nitrogens with one attached hydrogen (secondary N) is 2. The van der Waals surface area contributed by atoms with Crippen LogP contribution in [0.2, 0.25) is 0 Å². The molecule has 2 rings (SSSR count). The average Bonchev–Trinajstić information content (AvgIpc) is 3.07. The van der Waals surface area contributed by atoms with Gasteiger partial charge in [0, 0.05) is 58.1 Å². The maximum atomic E-state index is 12.3. The van der Waals surface area contributed by atoms with Gasteiger partial charge in [-0.1, -0.05) is 0 Å². The number of carbonyl (C=O) groups is 1. The van der Waals surface area contributed by atoms with Crippen molar-refractivity contribution in [1.82, 2.24) is 20.1 Å². The lowest BCUT2D eigenvalue weighted by Crippen LogP contribution is -2.44. The van der Waals surface area contributed by atoms with Crippen molar-refractivity contribution in [3.05, 3.63) is 24.5 Å². The van der Waals surface area contributed by atoms with Crippen LogP contribution in [0.4, 0.5) is 0 Å². The number of halogens is 1. The summed E-state index contributed by atoms with van der Waals surface area (Å²) in [5.74, 6) is 0.990. The number of hydrogen-bond donors (Lipinski definition) is 2. The van der Waals surface area contributed by atoms with Crippen LogP contribution in [0, 0.1) is 0 Å². The van der Waals surface area contributed by atoms with E-state index in [1.165, 1.54) is 6.42 Å². The molecule has 1 saturated heterocycles. The maximum Gasteiger partial charge on any atom is 0.224 e. The van der Waals surface area contributed by atoms with Crippen LogP contribution in [0.5, 0.6) is 0 Å². The summed E-state index contributed by atoms with van der Waals surface area (Å²) in [7, 11) is 1.75. The first kappa shape index (κ1) is 20.8. The highest BCUT2D eigenvalue weighted by molar-refractivity contribution is 14.0. The molecule has 1 unspecified atom stereocenters. The van der Waals surface area contributed by atoms with Crippen LogP contribution in [0.25, 0.3) is 0 Å². The van der Waals surface area contributed by atoms with Crippen LogP contribution in [0.15, 0.2) is 29.5 Å². The average molecular weight is 447 g/mol. The number of carbonyl (C=O) groups excluding carboxylic acids is 1. The van der Waals surface area contributed by atoms with Gasteiger partial charge in [-0.3, -0.25) is 9.79 Å². The molecule has 2 heterocycles. The van der Waals surface area contributed by atoms with Crippen molar-refractivity contribution in [2.24, 2.45) is 4.99 Å². The number of aliphatic imine (C=N–C) groups is 1. The van der Waals surface area contributed by atoms with Gasteiger partial charge in [-0.25, -0.2) is 0 Å². The molecule has 6 nitrogen and oxygen atoms in total. The van der Waals surface area contributed by atoms with E-state index in [4.69, 9.17) is 0 Å². The number of nitrogens with zero attached hydrogens (tertiary/aromatic N) is 3. The minimum Gasteiger partial charge on any atom is -0.356 e. The highest BCUT2D eigenvalue weighted by Gasteiger charge is 2.22. The molecule has 1 aliphatic rings. The van der Waals surface area contributed by atoms with E-state index in [1.54, 1.807) is 7.05 Å². The van der Waals surface area contributed by atoms with Crippen molar-refractivity contribution >= 4 is 35.8 Å². The van der Waals surface area contributed by atoms with Gasteiger partial charge in [-0.15, -0.1) is 24.0 Å². The van der Waals surface area contributed by atoms with Crippen molar-refractivity contribution in [3.8, 4) is 0 Å². The van der Waals surface area contributed by atoms with Gasteiger partial charge in [-0.05, 0) is 38.3 Å². The van der Waals surface area contributed by atoms with Gasteiger partial charge in [0.05, 0.1) is 0 Å². The van der Waals surface area contributed by atoms with Crippen LogP contribution in [-0.2, 0) is 11.3 Å². The molecule has 0 radical (unpaired) electrons. The lowest BCUT2D eigenvalue weighted by molar-refractivity contribution is -0.134. The third kappa shape index (κ3) is 6.70. The number of likely N-dealkylation sites (tertiary alicyclic amines) is 1. The molecule has 1 aromatic heterocycles. The fourth-order valence-electron chi connectivity index (χ4n) is 2.94. The molecular formula is C17H30IN5O. The Balaban J connectivity index is 0.00000288. The quantitative estimate of drug-likeness (QED) is 0.399. The summed E-state index contributed by atoms with van der Waals surface area (Å²) in [5.41, 5.74) is 0. The van der Waals surface area contributed by atoms with Gasteiger partial charge in [0.2, 0.25) is 5.91 Å². The second-order valence-corrected chi connectivity index (χ2v) is 6.03. The Labute approximate surface area is 162 Å². The zero-order valence-corrected chi connectivity index (χ0v) is 17.0. The summed E-state index contributed by atoms with van der Waals surface area (Å²) in [6.45, 7) is 5.35. The predicted molar refractivity (Wildman–Crippen MR) is 109 cm³/mol. The molecule has 0 aliphatic carbocycles. The summed E-state index contributed by atoms with van der Waals surface area (Å²) in [4.78, 5) is 18.5. The normalized spacial score (nSPS) is 18.0. The molecular weight excluding hydrogens is 417 g/mol. The molecule has 24 heavy (non-hydrogen) atoms. The van der Waals surface area contributed by atoms with Crippen LogP contribution in [0.3, 0.4) is 0 Å². The molecule has 1 amide bonds. The van der Waals surface area contributed by atoms with E-state index in [9.17, 15) is 4.79 Å². The smallest absolute Gasteiger partial charge is 0.224 e. The van der Waals surface area contributed by atoms with Crippen LogP contribution < -0.4 is 10.6 Å². The molecule has 0 spiro atoms. The number of aromatic nitrogens is 1. The van der Waals surface area contributed by atoms with Crippen LogP contribution in [-0.4, -0.2) is 54.1 Å². The van der Waals surface area contributed by atoms with E-state index in [-0.39, 0.29) is 29.9 Å². The van der Waals surface area contributed by atoms with Crippen LogP contribution >= 0.6 is 24.0 Å². The van der Waals surface area contributed by atoms with Gasteiger partial charge < -0.3 is 20.1 Å². The van der Waals surface area contributed by atoms with Gasteiger partial charge >= 0.3 is 0 Å². The molecule has 136 valence electrons. The highest BCUT2D eigenvalue weighted by atomic mass is 127. The molecule has 1 fully saturated rings. The number of rotatable bonds is 6. The topological polar surface area (TPSA) is 61.7 Å². The van der Waals surface area contributed by atoms with Gasteiger partial charge in [0.15, 0.2) is 5.96 Å². The lowest BCUT2D eigenvalue weighted by atomic mass is 10.0. The maximum absolute atomic E-state index is 12.3. The Morgan fingerprint density at radius 2 is 1.92 bits per heavy atom. The molecule has 1 aromatic rings. The fraction of sp³-hybridized carbons (Fsp3) is 0.647. The lowest BCUT2D eigenvalue weighted by Gasteiger charge is -2.33. The molecule has 1 atom stereocenters. The van der Waals surface area contributed by atoms with E-state index in [1.807, 2.05) is 29.4 Å². The number of guanidine groups is 1. The third-order valence-electron chi connectivity index (χ3n) is 4.31. The van der Waals surface area contributed by atoms with Crippen molar-refractivity contribution in [2.45, 2.75) is 45.2 Å². The van der Waals surface area contributed by atoms with Crippen LogP contribution in [0.1, 0.15) is 32.6 Å². The number of piperidine rings is 1. The second-order valence-electron chi connectivity index (χ2n) is 6.03. The van der Waals surface area contributed by atoms with E-state index < -0.39 is 0 Å². The standard InChI is InChI=1S/C17H29N5O.HI/c1-15-7-3-4-13-22(15)16(23)8-9-19-17(18-2)20-10-14-21-11-5-6-12-21;/h5-6,11-12,15H,3-4,7-10,13-14H2,1-2H3,(H2,18,19,20);1H. The molecule has 0 saturated carbocycles. The first-order chi connectivity index (χ1) is 11.2. The zero-order chi connectivity index (χ0) is 16.5. The van der Waals surface area contributed by atoms with Crippen molar-refractivity contribution in [2.75, 3.05) is 26.7 Å². The first-order valence-corrected chi connectivity index (χ1v) is 8.55. The molecule has 7 heteroatoms. The Morgan fingerprint density at radius 1 is 1.21 bits per heavy atom. The van der Waals surface area contributed by atoms with E-state index >= 15 is 0 Å². The highest BCUT2D eigenvalue weighted by Crippen LogP contribution is 2.16. The summed E-state index contributed by atoms with van der Waals surface area (Å²) < 4.78 is 2.11. The zero-order valence-electron chi connectivity index (χ0n) is 14.7. The van der Waals surface area contributed by atoms with E-state index in [2.05, 4.69) is 27.1 Å². The summed E-state index contributed by atoms with van der Waals surface area (Å²) >= 11 is 0. The Kier molecular flexibility index (Phi) is 9.82. The largest absolute Gasteiger partial charge is 0.356 e. The van der Waals surface area contributed by atoms with E-state index in [0.717, 1.165) is 38.4 Å². The first-order valence-electron chi connectivity index (χ1n) is 8.55. The summed E-state index contributed by atoms with van der Waals surface area (Å²) in [6, 6.07) is 4.41. The Bertz CT molecular complexity index is 503. The molecule has 0 bridgehead atoms. The minimum atomic E-state index is 0. The fourth-order valence-corrected chi connectivity index (χ4v) is 2.94. The monoisotopic (exact) mass is 447 g/mol. The number of amides is 1. The number of hydrogen-bond acceptors (Lipinski definition) is 2. The summed E-state index contributed by atoms with van der Waals surface area (Å²) in [6.07, 6.45) is 8.09. The van der Waals surface area contributed by atoms with Crippen molar-refractivity contribution in [3.63, 3.8) is 0 Å². The molecule has 2 N–H and O–H groups in total. The predicted octanol–water partition coefficient (Wildman–Crippen LogP) is 2.06. The molecule has 1 aliphatic heterocycles. The van der Waals surface area contributed by atoms with Crippen molar-refractivity contribution in [1.29, 1.82) is 0 Å². The van der Waals surface area contributed by atoms with Gasteiger partial charge in [0.1, 0.15) is 0 Å². The Morgan fingerprint density at radius 3 is 2.58 bits per heavy atom. The van der Waals surface area contributed by atoms with Gasteiger partial charge in [-0.2, -0.15) is 0 Å². The van der Waals surface area contributed by atoms with Crippen molar-refractivity contribution < 1.29 is 4.79 Å². The summed E-state index contributed by atoms with van der Waals surface area (Å²) in [5, 5.41) is 6.48. The SMILES string of the molecule is CN=C(NCCC(=O)N1CCCCC1C)NCCn1cccc1.I. The third-order valence-corrected chi connectivity index (χ3v) is 4.31.